The summed E-state index contributed by atoms with van der Waals surface area (Å²) in [6.07, 6.45) is -4.07. The molecule has 1 amide bonds. The van der Waals surface area contributed by atoms with Crippen LogP contribution in [-0.2, 0) is 11.3 Å². The van der Waals surface area contributed by atoms with Crippen LogP contribution in [0.2, 0.25) is 0 Å². The highest BCUT2D eigenvalue weighted by atomic mass is 19.4. The number of nitrogens with zero attached hydrogens (tertiary/aromatic N) is 2. The van der Waals surface area contributed by atoms with E-state index in [-0.39, 0.29) is 24.4 Å². The fraction of sp³-hybridized carbons (Fsp3) is 0.167. The average Bonchev–Trinajstić information content (AvgIpc) is 2.64. The Hall–Kier alpha value is -3.56. The van der Waals surface area contributed by atoms with E-state index in [0.717, 1.165) is 12.1 Å². The maximum absolute atomic E-state index is 12.3. The van der Waals surface area contributed by atoms with Gasteiger partial charge in [0, 0.05) is 11.1 Å². The number of halogens is 3. The lowest BCUT2D eigenvalue weighted by atomic mass is 10.2. The van der Waals surface area contributed by atoms with Crippen LogP contribution in [0.4, 0.5) is 23.7 Å². The summed E-state index contributed by atoms with van der Waals surface area (Å²) in [4.78, 5) is 24.0. The van der Waals surface area contributed by atoms with E-state index in [1.165, 1.54) is 16.8 Å². The van der Waals surface area contributed by atoms with Gasteiger partial charge in [-0.25, -0.2) is 9.48 Å². The Bertz CT molecular complexity index is 1030. The SMILES string of the molecule is O=C(Nc1ccc(OC(F)(F)F)cc1)OCCn1ncc2ccccc2c1=O. The Morgan fingerprint density at radius 3 is 2.54 bits per heavy atom. The van der Waals surface area contributed by atoms with Gasteiger partial charge in [0.25, 0.3) is 5.56 Å². The van der Waals surface area contributed by atoms with Gasteiger partial charge in [-0.1, -0.05) is 18.2 Å². The first-order valence-electron chi connectivity index (χ1n) is 8.06. The lowest BCUT2D eigenvalue weighted by Crippen LogP contribution is -2.26. The van der Waals surface area contributed by atoms with Crippen molar-refractivity contribution in [1.29, 1.82) is 0 Å². The number of rotatable bonds is 5. The number of hydrogen-bond acceptors (Lipinski definition) is 5. The van der Waals surface area contributed by atoms with Crippen LogP contribution in [0.1, 0.15) is 0 Å². The van der Waals surface area contributed by atoms with Gasteiger partial charge < -0.3 is 9.47 Å². The number of benzene rings is 2. The molecule has 1 N–H and O–H groups in total. The molecule has 10 heteroatoms. The second kappa shape index (κ2) is 7.99. The van der Waals surface area contributed by atoms with Crippen LogP contribution >= 0.6 is 0 Å². The van der Waals surface area contributed by atoms with Crippen molar-refractivity contribution in [3.63, 3.8) is 0 Å². The molecule has 0 saturated carbocycles. The van der Waals surface area contributed by atoms with Crippen molar-refractivity contribution in [1.82, 2.24) is 9.78 Å². The Balaban J connectivity index is 1.52. The number of carbonyl (C=O) groups is 1. The normalized spacial score (nSPS) is 11.2. The number of ether oxygens (including phenoxy) is 2. The molecule has 146 valence electrons. The van der Waals surface area contributed by atoms with Gasteiger partial charge in [-0.05, 0) is 30.3 Å². The van der Waals surface area contributed by atoms with Crippen molar-refractivity contribution in [3.05, 3.63) is 65.1 Å². The van der Waals surface area contributed by atoms with Gasteiger partial charge in [0.1, 0.15) is 12.4 Å². The highest BCUT2D eigenvalue weighted by Gasteiger charge is 2.30. The minimum atomic E-state index is -4.79. The summed E-state index contributed by atoms with van der Waals surface area (Å²) in [6, 6.07) is 11.6. The number of alkyl halides is 3. The first-order valence-corrected chi connectivity index (χ1v) is 8.06. The van der Waals surface area contributed by atoms with E-state index in [4.69, 9.17) is 4.74 Å². The van der Waals surface area contributed by atoms with E-state index >= 15 is 0 Å². The molecular formula is C18H14F3N3O4. The third-order valence-electron chi connectivity index (χ3n) is 3.63. The maximum Gasteiger partial charge on any atom is 0.573 e. The highest BCUT2D eigenvalue weighted by Crippen LogP contribution is 2.23. The maximum atomic E-state index is 12.3. The van der Waals surface area contributed by atoms with Crippen molar-refractivity contribution in [3.8, 4) is 5.75 Å². The Labute approximate surface area is 156 Å². The van der Waals surface area contributed by atoms with Crippen LogP contribution in [0.25, 0.3) is 10.8 Å². The van der Waals surface area contributed by atoms with Gasteiger partial charge in [-0.15, -0.1) is 13.2 Å². The second-order valence-corrected chi connectivity index (χ2v) is 5.59. The molecule has 0 unspecified atom stereocenters. The first-order chi connectivity index (χ1) is 13.3. The number of fused-ring (bicyclic) bond motifs is 1. The standard InChI is InChI=1S/C18H14F3N3O4/c19-18(20,21)28-14-7-5-13(6-8-14)23-17(26)27-10-9-24-16(25)15-4-2-1-3-12(15)11-22-24/h1-8,11H,9-10H2,(H,23,26). The van der Waals surface area contributed by atoms with Crippen molar-refractivity contribution in [2.45, 2.75) is 12.9 Å². The zero-order valence-electron chi connectivity index (χ0n) is 14.3. The molecule has 0 atom stereocenters. The Morgan fingerprint density at radius 1 is 1.11 bits per heavy atom. The van der Waals surface area contributed by atoms with Gasteiger partial charge in [-0.3, -0.25) is 10.1 Å². The molecule has 1 aromatic heterocycles. The third kappa shape index (κ3) is 5.00. The van der Waals surface area contributed by atoms with Crippen molar-refractivity contribution in [2.24, 2.45) is 0 Å². The number of carbonyl (C=O) groups excluding carboxylic acids is 1. The van der Waals surface area contributed by atoms with E-state index in [2.05, 4.69) is 15.2 Å². The number of nitrogens with one attached hydrogen (secondary N) is 1. The fourth-order valence-corrected chi connectivity index (χ4v) is 2.41. The number of hydrogen-bond donors (Lipinski definition) is 1. The molecule has 0 spiro atoms. The monoisotopic (exact) mass is 393 g/mol. The summed E-state index contributed by atoms with van der Waals surface area (Å²) in [6.45, 7) is -0.0677. The smallest absolute Gasteiger partial charge is 0.447 e. The summed E-state index contributed by atoms with van der Waals surface area (Å²) >= 11 is 0. The molecular weight excluding hydrogens is 379 g/mol. The molecule has 0 aliphatic carbocycles. The van der Waals surface area contributed by atoms with Crippen LogP contribution in [0.5, 0.6) is 5.75 Å². The van der Waals surface area contributed by atoms with Gasteiger partial charge >= 0.3 is 12.5 Å². The van der Waals surface area contributed by atoms with E-state index < -0.39 is 18.2 Å². The third-order valence-corrected chi connectivity index (χ3v) is 3.63. The minimum Gasteiger partial charge on any atom is -0.447 e. The van der Waals surface area contributed by atoms with Crippen LogP contribution in [0.15, 0.2) is 59.5 Å². The Kier molecular flexibility index (Phi) is 5.48. The van der Waals surface area contributed by atoms with E-state index in [9.17, 15) is 22.8 Å². The number of anilines is 1. The topological polar surface area (TPSA) is 82.4 Å². The lowest BCUT2D eigenvalue weighted by Gasteiger charge is -2.10. The summed E-state index contributed by atoms with van der Waals surface area (Å²) in [5, 5.41) is 7.58. The van der Waals surface area contributed by atoms with Crippen LogP contribution < -0.4 is 15.6 Å². The molecule has 0 saturated heterocycles. The molecule has 1 heterocycles. The molecule has 3 aromatic rings. The quantitative estimate of drug-likeness (QED) is 0.717. The molecule has 7 nitrogen and oxygen atoms in total. The summed E-state index contributed by atoms with van der Waals surface area (Å²) in [5.41, 5.74) is -0.0807. The largest absolute Gasteiger partial charge is 0.573 e. The van der Waals surface area contributed by atoms with E-state index in [1.54, 1.807) is 30.5 Å². The van der Waals surface area contributed by atoms with Gasteiger partial charge in [0.05, 0.1) is 18.1 Å². The summed E-state index contributed by atoms with van der Waals surface area (Å²) < 4.78 is 46.2. The molecule has 2 aromatic carbocycles. The number of amides is 1. The number of aromatic nitrogens is 2. The summed E-state index contributed by atoms with van der Waals surface area (Å²) in [5.74, 6) is -0.409. The second-order valence-electron chi connectivity index (χ2n) is 5.59. The van der Waals surface area contributed by atoms with E-state index in [1.807, 2.05) is 0 Å². The molecule has 3 rings (SSSR count). The predicted octanol–water partition coefficient (Wildman–Crippen LogP) is 3.54. The molecule has 0 bridgehead atoms. The van der Waals surface area contributed by atoms with Crippen LogP contribution in [0, 0.1) is 0 Å². The molecule has 28 heavy (non-hydrogen) atoms. The minimum absolute atomic E-state index is 0.0510. The van der Waals surface area contributed by atoms with Crippen LogP contribution in [-0.4, -0.2) is 28.8 Å². The van der Waals surface area contributed by atoms with Crippen LogP contribution in [0.3, 0.4) is 0 Å². The Morgan fingerprint density at radius 2 is 1.82 bits per heavy atom. The average molecular weight is 393 g/mol. The van der Waals surface area contributed by atoms with Crippen molar-refractivity contribution < 1.29 is 27.4 Å². The zero-order valence-corrected chi connectivity index (χ0v) is 14.3. The molecule has 0 aliphatic heterocycles. The molecule has 0 aliphatic rings. The van der Waals surface area contributed by atoms with Gasteiger partial charge in [0.2, 0.25) is 0 Å². The van der Waals surface area contributed by atoms with E-state index in [0.29, 0.717) is 10.8 Å². The summed E-state index contributed by atoms with van der Waals surface area (Å²) in [7, 11) is 0. The zero-order chi connectivity index (χ0) is 20.1. The first kappa shape index (κ1) is 19.2. The fourth-order valence-electron chi connectivity index (χ4n) is 2.41. The molecule has 0 radical (unpaired) electrons. The van der Waals surface area contributed by atoms with Gasteiger partial charge in [0.15, 0.2) is 0 Å². The highest BCUT2D eigenvalue weighted by molar-refractivity contribution is 5.84. The lowest BCUT2D eigenvalue weighted by molar-refractivity contribution is -0.274. The van der Waals surface area contributed by atoms with Gasteiger partial charge in [-0.2, -0.15) is 5.10 Å². The van der Waals surface area contributed by atoms with Crippen molar-refractivity contribution >= 4 is 22.6 Å². The molecule has 0 fully saturated rings. The van der Waals surface area contributed by atoms with Crippen molar-refractivity contribution in [2.75, 3.05) is 11.9 Å². The predicted molar refractivity (Wildman–Crippen MR) is 94.1 cm³/mol.